The van der Waals surface area contributed by atoms with Gasteiger partial charge in [0.25, 0.3) is 0 Å². The Balaban J connectivity index is 1.92. The summed E-state index contributed by atoms with van der Waals surface area (Å²) >= 11 is 0. The van der Waals surface area contributed by atoms with Crippen LogP contribution in [0.25, 0.3) is 21.7 Å². The molecular formula is C23H20FNO3. The smallest absolute Gasteiger partial charge is 0.354 e. The topological polar surface area (TPSA) is 40.5 Å². The van der Waals surface area contributed by atoms with Crippen LogP contribution in [0, 0.1) is 5.82 Å². The molecule has 4 aromatic rings. The molecule has 0 N–H and O–H groups in total. The maximum Gasteiger partial charge on any atom is 0.354 e. The highest BCUT2D eigenvalue weighted by atomic mass is 19.1. The fraction of sp³-hybridized carbons (Fsp3) is 0.174. The van der Waals surface area contributed by atoms with E-state index < -0.39 is 5.97 Å². The molecule has 5 heteroatoms. The molecule has 0 saturated heterocycles. The maximum absolute atomic E-state index is 13.9. The van der Waals surface area contributed by atoms with Crippen molar-refractivity contribution in [3.63, 3.8) is 0 Å². The van der Waals surface area contributed by atoms with E-state index in [9.17, 15) is 9.18 Å². The molecule has 0 aliphatic heterocycles. The highest BCUT2D eigenvalue weighted by Gasteiger charge is 2.19. The molecule has 0 aliphatic rings. The van der Waals surface area contributed by atoms with Crippen LogP contribution in [0.2, 0.25) is 0 Å². The van der Waals surface area contributed by atoms with Crippen molar-refractivity contribution >= 4 is 27.6 Å². The van der Waals surface area contributed by atoms with Crippen LogP contribution < -0.4 is 4.74 Å². The standard InChI is InChI=1S/C23H20FNO3/c1-3-28-23(26)21-13-19-20(8-5-9-22(19)27-2)25(21)14-16-7-4-6-15-10-11-17(24)12-18(15)16/h4-13H,3,14H2,1-2H3. The van der Waals surface area contributed by atoms with Gasteiger partial charge in [-0.2, -0.15) is 0 Å². The first-order valence-electron chi connectivity index (χ1n) is 9.13. The number of carbonyl (C=O) groups is 1. The van der Waals surface area contributed by atoms with Gasteiger partial charge in [-0.3, -0.25) is 0 Å². The molecule has 4 rings (SSSR count). The number of esters is 1. The predicted octanol–water partition coefficient (Wildman–Crippen LogP) is 5.17. The fourth-order valence-electron chi connectivity index (χ4n) is 3.60. The first-order valence-corrected chi connectivity index (χ1v) is 9.13. The van der Waals surface area contributed by atoms with Crippen molar-refractivity contribution in [1.82, 2.24) is 4.57 Å². The van der Waals surface area contributed by atoms with Crippen LogP contribution >= 0.6 is 0 Å². The van der Waals surface area contributed by atoms with Crippen molar-refractivity contribution in [2.45, 2.75) is 13.5 Å². The molecule has 0 bridgehead atoms. The highest BCUT2D eigenvalue weighted by molar-refractivity contribution is 5.98. The Hall–Kier alpha value is -3.34. The van der Waals surface area contributed by atoms with E-state index in [0.717, 1.165) is 27.2 Å². The van der Waals surface area contributed by atoms with Gasteiger partial charge < -0.3 is 14.0 Å². The second-order valence-electron chi connectivity index (χ2n) is 6.51. The van der Waals surface area contributed by atoms with Gasteiger partial charge in [0.1, 0.15) is 17.3 Å². The summed E-state index contributed by atoms with van der Waals surface area (Å²) in [5.74, 6) is 0.00234. The maximum atomic E-state index is 13.9. The Labute approximate surface area is 162 Å². The van der Waals surface area contributed by atoms with Crippen LogP contribution in [0.5, 0.6) is 5.75 Å². The Bertz CT molecular complexity index is 1180. The molecule has 0 radical (unpaired) electrons. The number of benzene rings is 3. The fourth-order valence-corrected chi connectivity index (χ4v) is 3.60. The highest BCUT2D eigenvalue weighted by Crippen LogP contribution is 2.31. The molecule has 0 spiro atoms. The molecule has 142 valence electrons. The molecule has 0 unspecified atom stereocenters. The summed E-state index contributed by atoms with van der Waals surface area (Å²) < 4.78 is 26.5. The third kappa shape index (κ3) is 3.09. The molecule has 28 heavy (non-hydrogen) atoms. The largest absolute Gasteiger partial charge is 0.496 e. The molecule has 0 aliphatic carbocycles. The summed E-state index contributed by atoms with van der Waals surface area (Å²) in [5.41, 5.74) is 2.22. The number of aromatic nitrogens is 1. The lowest BCUT2D eigenvalue weighted by molar-refractivity contribution is 0.0515. The van der Waals surface area contributed by atoms with Crippen LogP contribution in [0.15, 0.2) is 60.7 Å². The van der Waals surface area contributed by atoms with Gasteiger partial charge in [-0.25, -0.2) is 9.18 Å². The molecule has 0 saturated carbocycles. The van der Waals surface area contributed by atoms with Crippen molar-refractivity contribution in [3.05, 3.63) is 77.7 Å². The van der Waals surface area contributed by atoms with E-state index >= 15 is 0 Å². The average Bonchev–Trinajstić information content (AvgIpc) is 3.07. The van der Waals surface area contributed by atoms with Crippen LogP contribution in [-0.4, -0.2) is 24.3 Å². The summed E-state index contributed by atoms with van der Waals surface area (Å²) in [5, 5.41) is 2.60. The predicted molar refractivity (Wildman–Crippen MR) is 107 cm³/mol. The van der Waals surface area contributed by atoms with Gasteiger partial charge in [0.15, 0.2) is 0 Å². The van der Waals surface area contributed by atoms with Gasteiger partial charge in [0.2, 0.25) is 0 Å². The number of halogens is 1. The third-order valence-corrected chi connectivity index (χ3v) is 4.87. The zero-order valence-electron chi connectivity index (χ0n) is 15.7. The van der Waals surface area contributed by atoms with E-state index in [2.05, 4.69) is 0 Å². The molecule has 4 nitrogen and oxygen atoms in total. The molecule has 3 aromatic carbocycles. The van der Waals surface area contributed by atoms with E-state index in [1.165, 1.54) is 12.1 Å². The Morgan fingerprint density at radius 3 is 2.64 bits per heavy atom. The zero-order chi connectivity index (χ0) is 19.7. The van der Waals surface area contributed by atoms with Gasteiger partial charge in [0.05, 0.1) is 19.2 Å². The van der Waals surface area contributed by atoms with Crippen LogP contribution in [0.1, 0.15) is 23.0 Å². The van der Waals surface area contributed by atoms with Crippen molar-refractivity contribution in [3.8, 4) is 5.75 Å². The molecule has 0 fully saturated rings. The lowest BCUT2D eigenvalue weighted by Gasteiger charge is -2.13. The summed E-state index contributed by atoms with van der Waals surface area (Å²) in [6.07, 6.45) is 0. The lowest BCUT2D eigenvalue weighted by Crippen LogP contribution is -2.13. The first-order chi connectivity index (χ1) is 13.6. The average molecular weight is 377 g/mol. The molecule has 1 aromatic heterocycles. The van der Waals surface area contributed by atoms with Gasteiger partial charge in [0, 0.05) is 11.9 Å². The number of hydrogen-bond acceptors (Lipinski definition) is 3. The molecule has 0 atom stereocenters. The number of rotatable bonds is 5. The Kier molecular flexibility index (Phi) is 4.74. The quantitative estimate of drug-likeness (QED) is 0.451. The van der Waals surface area contributed by atoms with Gasteiger partial charge in [-0.15, -0.1) is 0 Å². The number of carbonyl (C=O) groups excluding carboxylic acids is 1. The van der Waals surface area contributed by atoms with Crippen LogP contribution in [-0.2, 0) is 11.3 Å². The summed E-state index contributed by atoms with van der Waals surface area (Å²) in [6, 6.07) is 18.0. The molecule has 1 heterocycles. The van der Waals surface area contributed by atoms with Crippen molar-refractivity contribution < 1.29 is 18.7 Å². The monoisotopic (exact) mass is 377 g/mol. The lowest BCUT2D eigenvalue weighted by atomic mass is 10.0. The van der Waals surface area contributed by atoms with E-state index in [4.69, 9.17) is 9.47 Å². The normalized spacial score (nSPS) is 11.1. The molecular weight excluding hydrogens is 357 g/mol. The second-order valence-corrected chi connectivity index (χ2v) is 6.51. The number of ether oxygens (including phenoxy) is 2. The van der Waals surface area contributed by atoms with Crippen molar-refractivity contribution in [1.29, 1.82) is 0 Å². The minimum absolute atomic E-state index is 0.287. The molecule has 0 amide bonds. The van der Waals surface area contributed by atoms with E-state index in [0.29, 0.717) is 18.0 Å². The second kappa shape index (κ2) is 7.35. The van der Waals surface area contributed by atoms with Gasteiger partial charge in [-0.1, -0.05) is 30.3 Å². The number of methoxy groups -OCH3 is 1. The summed E-state index contributed by atoms with van der Waals surface area (Å²) in [6.45, 7) is 2.47. The minimum atomic E-state index is -0.396. The Morgan fingerprint density at radius 2 is 1.86 bits per heavy atom. The van der Waals surface area contributed by atoms with E-state index in [1.807, 2.05) is 41.0 Å². The van der Waals surface area contributed by atoms with Crippen molar-refractivity contribution in [2.75, 3.05) is 13.7 Å². The first kappa shape index (κ1) is 18.0. The summed E-state index contributed by atoms with van der Waals surface area (Å²) in [7, 11) is 1.60. The third-order valence-electron chi connectivity index (χ3n) is 4.87. The van der Waals surface area contributed by atoms with E-state index in [-0.39, 0.29) is 12.4 Å². The van der Waals surface area contributed by atoms with Gasteiger partial charge >= 0.3 is 5.97 Å². The number of nitrogens with zero attached hydrogens (tertiary/aromatic N) is 1. The SMILES string of the molecule is CCOC(=O)c1cc2c(OC)cccc2n1Cc1cccc2ccc(F)cc12. The van der Waals surface area contributed by atoms with Crippen molar-refractivity contribution in [2.24, 2.45) is 0 Å². The van der Waals surface area contributed by atoms with Gasteiger partial charge in [-0.05, 0) is 53.6 Å². The minimum Gasteiger partial charge on any atom is -0.496 e. The van der Waals surface area contributed by atoms with Crippen LogP contribution in [0.4, 0.5) is 4.39 Å². The zero-order valence-corrected chi connectivity index (χ0v) is 15.7. The van der Waals surface area contributed by atoms with Crippen LogP contribution in [0.3, 0.4) is 0 Å². The number of fused-ring (bicyclic) bond motifs is 2. The number of hydrogen-bond donors (Lipinski definition) is 0. The van der Waals surface area contributed by atoms with E-state index in [1.54, 1.807) is 26.2 Å². The Morgan fingerprint density at radius 1 is 1.04 bits per heavy atom. The summed E-state index contributed by atoms with van der Waals surface area (Å²) in [4.78, 5) is 12.6.